The number of hydrogen-bond acceptors (Lipinski definition) is 1. The lowest BCUT2D eigenvalue weighted by atomic mass is 9.71. The summed E-state index contributed by atoms with van der Waals surface area (Å²) in [6.45, 7) is 18.0. The van der Waals surface area contributed by atoms with E-state index in [1.165, 1.54) is 79.4 Å². The van der Waals surface area contributed by atoms with Gasteiger partial charge in [0.2, 0.25) is 0 Å². The van der Waals surface area contributed by atoms with Gasteiger partial charge in [0, 0.05) is 29.7 Å². The van der Waals surface area contributed by atoms with E-state index in [9.17, 15) is 0 Å². The van der Waals surface area contributed by atoms with Crippen LogP contribution in [0.2, 0.25) is 5.02 Å². The Morgan fingerprint density at radius 2 is 1.85 bits per heavy atom. The van der Waals surface area contributed by atoms with Crippen molar-refractivity contribution >= 4 is 22.9 Å². The van der Waals surface area contributed by atoms with Gasteiger partial charge in [-0.15, -0.1) is 0 Å². The number of allylic oxidation sites excluding steroid dienone is 3. The Bertz CT molecular complexity index is 1140. The van der Waals surface area contributed by atoms with Crippen molar-refractivity contribution in [2.45, 2.75) is 105 Å². The van der Waals surface area contributed by atoms with Crippen LogP contribution in [0.4, 0.5) is 5.69 Å². The van der Waals surface area contributed by atoms with Crippen molar-refractivity contribution in [1.29, 1.82) is 0 Å². The first-order valence-electron chi connectivity index (χ1n) is 16.3. The van der Waals surface area contributed by atoms with Crippen LogP contribution in [0.5, 0.6) is 0 Å². The van der Waals surface area contributed by atoms with Gasteiger partial charge >= 0.3 is 0 Å². The van der Waals surface area contributed by atoms with E-state index in [2.05, 4.69) is 94.6 Å². The maximum atomic E-state index is 6.46. The van der Waals surface area contributed by atoms with Crippen LogP contribution in [0.25, 0.3) is 5.57 Å². The van der Waals surface area contributed by atoms with Crippen LogP contribution in [0.1, 0.15) is 114 Å². The third-order valence-electron chi connectivity index (χ3n) is 9.99. The zero-order chi connectivity index (χ0) is 28.6. The molecular weight excluding hydrogens is 506 g/mol. The molecule has 1 aliphatic carbocycles. The second kappa shape index (κ2) is 14.8. The summed E-state index contributed by atoms with van der Waals surface area (Å²) in [5.41, 5.74) is 8.35. The minimum atomic E-state index is 0.533. The molecule has 0 saturated heterocycles. The van der Waals surface area contributed by atoms with E-state index in [0.717, 1.165) is 60.1 Å². The summed E-state index contributed by atoms with van der Waals surface area (Å²) in [5.74, 6) is 3.80. The maximum Gasteiger partial charge on any atom is 0.0408 e. The molecule has 40 heavy (non-hydrogen) atoms. The molecule has 0 aromatic heterocycles. The molecule has 0 bridgehead atoms. The normalized spacial score (nSPS) is 21.8. The largest absolute Gasteiger partial charge is 0.370 e. The van der Waals surface area contributed by atoms with Gasteiger partial charge in [0.25, 0.3) is 0 Å². The number of hydrogen-bond donors (Lipinski definition) is 0. The van der Waals surface area contributed by atoms with Gasteiger partial charge in [-0.05, 0) is 122 Å². The first-order valence-corrected chi connectivity index (χ1v) is 16.6. The number of nitrogens with zero attached hydrogens (tertiary/aromatic N) is 1. The fraction of sp³-hybridized carbons (Fsp3) is 0.579. The number of aryl methyl sites for hydroxylation is 2. The molecule has 218 valence electrons. The monoisotopic (exact) mass is 559 g/mol. The number of benzene rings is 2. The zero-order valence-electron chi connectivity index (χ0n) is 26.0. The van der Waals surface area contributed by atoms with Crippen LogP contribution < -0.4 is 4.90 Å². The Morgan fingerprint density at radius 3 is 2.52 bits per heavy atom. The van der Waals surface area contributed by atoms with Gasteiger partial charge in [-0.3, -0.25) is 0 Å². The molecule has 0 spiro atoms. The molecule has 1 fully saturated rings. The summed E-state index contributed by atoms with van der Waals surface area (Å²) >= 11 is 6.46. The van der Waals surface area contributed by atoms with Crippen molar-refractivity contribution in [1.82, 2.24) is 0 Å². The zero-order valence-corrected chi connectivity index (χ0v) is 26.8. The quantitative estimate of drug-likeness (QED) is 0.220. The fourth-order valence-electron chi connectivity index (χ4n) is 7.19. The number of rotatable bonds is 13. The van der Waals surface area contributed by atoms with Crippen LogP contribution in [0.15, 0.2) is 55.1 Å². The molecule has 0 radical (unpaired) electrons. The van der Waals surface area contributed by atoms with E-state index >= 15 is 0 Å². The highest BCUT2D eigenvalue weighted by molar-refractivity contribution is 6.30. The van der Waals surface area contributed by atoms with Crippen LogP contribution in [-0.2, 0) is 12.8 Å². The SMILES string of the molecule is C=C(C)c1ccc2c(c1)N(CC1CCC1C/C=C/CCC(CC)C(C)C)CC(c1ccc(Cl)cc1CCC)CC2. The summed E-state index contributed by atoms with van der Waals surface area (Å²) in [6.07, 6.45) is 17.4. The van der Waals surface area contributed by atoms with Crippen molar-refractivity contribution in [3.8, 4) is 0 Å². The first kappa shape index (κ1) is 31.0. The predicted octanol–water partition coefficient (Wildman–Crippen LogP) is 11.3. The van der Waals surface area contributed by atoms with Gasteiger partial charge in [0.1, 0.15) is 0 Å². The van der Waals surface area contributed by atoms with Crippen LogP contribution in [0.3, 0.4) is 0 Å². The molecule has 4 rings (SSSR count). The van der Waals surface area contributed by atoms with Gasteiger partial charge in [-0.2, -0.15) is 0 Å². The molecule has 1 nitrogen and oxygen atoms in total. The van der Waals surface area contributed by atoms with Crippen molar-refractivity contribution in [3.05, 3.63) is 82.4 Å². The lowest BCUT2D eigenvalue weighted by Gasteiger charge is -2.41. The van der Waals surface area contributed by atoms with E-state index in [-0.39, 0.29) is 0 Å². The summed E-state index contributed by atoms with van der Waals surface area (Å²) in [6, 6.07) is 13.7. The second-order valence-corrected chi connectivity index (χ2v) is 13.6. The first-order chi connectivity index (χ1) is 19.3. The van der Waals surface area contributed by atoms with Crippen LogP contribution >= 0.6 is 11.6 Å². The Morgan fingerprint density at radius 1 is 1.05 bits per heavy atom. The van der Waals surface area contributed by atoms with Crippen molar-refractivity contribution in [2.24, 2.45) is 23.7 Å². The molecular formula is C38H54ClN. The Labute approximate surface area is 251 Å². The van der Waals surface area contributed by atoms with Crippen molar-refractivity contribution in [2.75, 3.05) is 18.0 Å². The van der Waals surface area contributed by atoms with E-state index < -0.39 is 0 Å². The summed E-state index contributed by atoms with van der Waals surface area (Å²) < 4.78 is 0. The molecule has 0 N–H and O–H groups in total. The lowest BCUT2D eigenvalue weighted by Crippen LogP contribution is -2.39. The molecule has 4 atom stereocenters. The third-order valence-corrected chi connectivity index (χ3v) is 10.2. The summed E-state index contributed by atoms with van der Waals surface area (Å²) in [5, 5.41) is 0.867. The van der Waals surface area contributed by atoms with E-state index in [0.29, 0.717) is 5.92 Å². The standard InChI is InChI=1S/C38H54ClN/c1-7-12-33-23-36(39)21-22-37(33)35-20-17-31-16-18-32(28(5)6)24-38(31)40(26-35)25-34-19-15-30(34)14-11-9-10-13-29(8-2)27(3)4/h9,11,16,18,21-24,27,29-30,34-35H,5,7-8,10,12-15,17,19-20,25-26H2,1-4,6H3/b11-9+. The van der Waals surface area contributed by atoms with E-state index in [1.807, 2.05) is 0 Å². The Kier molecular flexibility index (Phi) is 11.4. The maximum absolute atomic E-state index is 6.46. The minimum Gasteiger partial charge on any atom is -0.370 e. The average Bonchev–Trinajstić information content (AvgIpc) is 3.09. The fourth-order valence-corrected chi connectivity index (χ4v) is 7.38. The molecule has 1 saturated carbocycles. The van der Waals surface area contributed by atoms with Crippen molar-refractivity contribution < 1.29 is 0 Å². The van der Waals surface area contributed by atoms with Crippen molar-refractivity contribution in [3.63, 3.8) is 0 Å². The Hall–Kier alpha value is -1.99. The highest BCUT2D eigenvalue weighted by Crippen LogP contribution is 2.42. The second-order valence-electron chi connectivity index (χ2n) is 13.2. The van der Waals surface area contributed by atoms with Gasteiger partial charge in [0.15, 0.2) is 0 Å². The molecule has 0 amide bonds. The highest BCUT2D eigenvalue weighted by Gasteiger charge is 2.34. The number of anilines is 1. The molecule has 1 heterocycles. The van der Waals surface area contributed by atoms with Crippen LogP contribution in [0, 0.1) is 23.7 Å². The van der Waals surface area contributed by atoms with Crippen LogP contribution in [-0.4, -0.2) is 13.1 Å². The predicted molar refractivity (Wildman–Crippen MR) is 178 cm³/mol. The topological polar surface area (TPSA) is 3.24 Å². The van der Waals surface area contributed by atoms with Gasteiger partial charge < -0.3 is 4.90 Å². The molecule has 2 aliphatic rings. The van der Waals surface area contributed by atoms with E-state index in [4.69, 9.17) is 11.6 Å². The van der Waals surface area contributed by atoms with E-state index in [1.54, 1.807) is 0 Å². The molecule has 2 heteroatoms. The molecule has 4 unspecified atom stereocenters. The number of fused-ring (bicyclic) bond motifs is 1. The molecule has 2 aromatic carbocycles. The summed E-state index contributed by atoms with van der Waals surface area (Å²) in [7, 11) is 0. The third kappa shape index (κ3) is 7.84. The highest BCUT2D eigenvalue weighted by atomic mass is 35.5. The van der Waals surface area contributed by atoms with Gasteiger partial charge in [0.05, 0.1) is 0 Å². The average molecular weight is 560 g/mol. The van der Waals surface area contributed by atoms with Gasteiger partial charge in [-0.1, -0.05) is 94.6 Å². The Balaban J connectivity index is 1.50. The molecule has 2 aromatic rings. The molecule has 1 aliphatic heterocycles. The smallest absolute Gasteiger partial charge is 0.0408 e. The lowest BCUT2D eigenvalue weighted by molar-refractivity contribution is 0.182. The number of halogens is 1. The van der Waals surface area contributed by atoms with Gasteiger partial charge in [-0.25, -0.2) is 0 Å². The summed E-state index contributed by atoms with van der Waals surface area (Å²) in [4.78, 5) is 2.76. The minimum absolute atomic E-state index is 0.533.